The quantitative estimate of drug-likeness (QED) is 0.413. The molecular formula is C17H20ClFIN3. The zero-order chi connectivity index (χ0) is 15.8. The van der Waals surface area contributed by atoms with Crippen LogP contribution >= 0.6 is 35.6 Å². The van der Waals surface area contributed by atoms with Gasteiger partial charge in [-0.15, -0.1) is 24.0 Å². The highest BCUT2D eigenvalue weighted by Crippen LogP contribution is 2.10. The summed E-state index contributed by atoms with van der Waals surface area (Å²) in [4.78, 5) is 4.15. The first kappa shape index (κ1) is 19.7. The topological polar surface area (TPSA) is 36.4 Å². The summed E-state index contributed by atoms with van der Waals surface area (Å²) in [6, 6.07) is 14.4. The number of halogens is 3. The van der Waals surface area contributed by atoms with Crippen molar-refractivity contribution in [3.8, 4) is 0 Å². The lowest BCUT2D eigenvalue weighted by molar-refractivity contribution is 0.606. The molecule has 0 aliphatic rings. The van der Waals surface area contributed by atoms with Gasteiger partial charge < -0.3 is 10.6 Å². The van der Waals surface area contributed by atoms with Crippen molar-refractivity contribution in [2.24, 2.45) is 4.99 Å². The Morgan fingerprint density at radius 3 is 2.61 bits per heavy atom. The van der Waals surface area contributed by atoms with Crippen molar-refractivity contribution in [1.29, 1.82) is 0 Å². The molecule has 0 aliphatic heterocycles. The fraction of sp³-hybridized carbons (Fsp3) is 0.235. The van der Waals surface area contributed by atoms with Gasteiger partial charge in [0.25, 0.3) is 0 Å². The Kier molecular flexibility index (Phi) is 8.94. The van der Waals surface area contributed by atoms with Crippen LogP contribution in [-0.2, 0) is 13.0 Å². The second kappa shape index (κ2) is 10.4. The van der Waals surface area contributed by atoms with Crippen LogP contribution in [0, 0.1) is 5.82 Å². The highest BCUT2D eigenvalue weighted by molar-refractivity contribution is 14.0. The van der Waals surface area contributed by atoms with E-state index in [1.807, 2.05) is 30.3 Å². The molecule has 0 heterocycles. The fourth-order valence-electron chi connectivity index (χ4n) is 2.07. The van der Waals surface area contributed by atoms with E-state index in [0.29, 0.717) is 36.1 Å². The number of nitrogens with zero attached hydrogens (tertiary/aromatic N) is 1. The Labute approximate surface area is 158 Å². The molecule has 0 radical (unpaired) electrons. The van der Waals surface area contributed by atoms with Crippen LogP contribution in [-0.4, -0.2) is 19.6 Å². The van der Waals surface area contributed by atoms with Gasteiger partial charge in [-0.2, -0.15) is 0 Å². The summed E-state index contributed by atoms with van der Waals surface area (Å²) in [6.45, 7) is 1.23. The second-order valence-corrected chi connectivity index (χ2v) is 5.26. The molecule has 0 aromatic heterocycles. The van der Waals surface area contributed by atoms with E-state index in [1.54, 1.807) is 19.2 Å². The highest BCUT2D eigenvalue weighted by Gasteiger charge is 2.02. The number of hydrogen-bond donors (Lipinski definition) is 2. The van der Waals surface area contributed by atoms with E-state index in [4.69, 9.17) is 11.6 Å². The summed E-state index contributed by atoms with van der Waals surface area (Å²) in [7, 11) is 1.70. The summed E-state index contributed by atoms with van der Waals surface area (Å²) >= 11 is 5.95. The summed E-state index contributed by atoms with van der Waals surface area (Å²) in [5.41, 5.74) is 1.77. The SMILES string of the molecule is CN=C(NCCc1ccccc1F)NCc1cccc(Cl)c1.I. The zero-order valence-corrected chi connectivity index (χ0v) is 15.9. The van der Waals surface area contributed by atoms with Crippen molar-refractivity contribution in [3.63, 3.8) is 0 Å². The molecule has 0 spiro atoms. The van der Waals surface area contributed by atoms with Crippen molar-refractivity contribution in [1.82, 2.24) is 10.6 Å². The molecule has 0 bridgehead atoms. The van der Waals surface area contributed by atoms with E-state index >= 15 is 0 Å². The molecule has 2 N–H and O–H groups in total. The van der Waals surface area contributed by atoms with E-state index in [0.717, 1.165) is 5.56 Å². The summed E-state index contributed by atoms with van der Waals surface area (Å²) in [6.07, 6.45) is 0.602. The third kappa shape index (κ3) is 6.74. The third-order valence-corrected chi connectivity index (χ3v) is 3.45. The van der Waals surface area contributed by atoms with Crippen LogP contribution in [0.2, 0.25) is 5.02 Å². The van der Waals surface area contributed by atoms with E-state index in [2.05, 4.69) is 15.6 Å². The normalized spacial score (nSPS) is 10.8. The Hall–Kier alpha value is -1.34. The molecular weight excluding hydrogens is 428 g/mol. The molecule has 0 atom stereocenters. The van der Waals surface area contributed by atoms with Crippen LogP contribution in [0.3, 0.4) is 0 Å². The Balaban J connectivity index is 0.00000264. The number of nitrogens with one attached hydrogen (secondary N) is 2. The first-order chi connectivity index (χ1) is 10.7. The van der Waals surface area contributed by atoms with Gasteiger partial charge in [-0.05, 0) is 35.7 Å². The maximum Gasteiger partial charge on any atom is 0.191 e. The maximum atomic E-state index is 13.5. The molecule has 6 heteroatoms. The van der Waals surface area contributed by atoms with Crippen LogP contribution in [0.5, 0.6) is 0 Å². The fourth-order valence-corrected chi connectivity index (χ4v) is 2.28. The molecule has 2 aromatic rings. The monoisotopic (exact) mass is 447 g/mol. The average molecular weight is 448 g/mol. The van der Waals surface area contributed by atoms with Crippen molar-refractivity contribution in [2.75, 3.05) is 13.6 Å². The largest absolute Gasteiger partial charge is 0.356 e. The first-order valence-corrected chi connectivity index (χ1v) is 7.49. The van der Waals surface area contributed by atoms with Gasteiger partial charge in [0.2, 0.25) is 0 Å². The lowest BCUT2D eigenvalue weighted by atomic mass is 10.1. The van der Waals surface area contributed by atoms with Crippen LogP contribution in [0.15, 0.2) is 53.5 Å². The Morgan fingerprint density at radius 2 is 1.91 bits per heavy atom. The van der Waals surface area contributed by atoms with Crippen LogP contribution < -0.4 is 10.6 Å². The minimum Gasteiger partial charge on any atom is -0.356 e. The van der Waals surface area contributed by atoms with Crippen LogP contribution in [0.4, 0.5) is 4.39 Å². The smallest absolute Gasteiger partial charge is 0.191 e. The van der Waals surface area contributed by atoms with E-state index in [9.17, 15) is 4.39 Å². The third-order valence-electron chi connectivity index (χ3n) is 3.22. The maximum absolute atomic E-state index is 13.5. The first-order valence-electron chi connectivity index (χ1n) is 7.11. The summed E-state index contributed by atoms with van der Waals surface area (Å²) in [5, 5.41) is 7.08. The molecule has 0 saturated heterocycles. The van der Waals surface area contributed by atoms with E-state index < -0.39 is 0 Å². The lowest BCUT2D eigenvalue weighted by Gasteiger charge is -2.12. The molecule has 0 fully saturated rings. The van der Waals surface area contributed by atoms with Gasteiger partial charge in [-0.1, -0.05) is 41.9 Å². The van der Waals surface area contributed by atoms with Crippen molar-refractivity contribution < 1.29 is 4.39 Å². The summed E-state index contributed by atoms with van der Waals surface area (Å²) in [5.74, 6) is 0.502. The minimum atomic E-state index is -0.175. The molecule has 0 saturated carbocycles. The predicted molar refractivity (Wildman–Crippen MR) is 105 cm³/mol. The van der Waals surface area contributed by atoms with E-state index in [1.165, 1.54) is 6.07 Å². The Bertz CT molecular complexity index is 649. The molecule has 124 valence electrons. The number of guanidine groups is 1. The van der Waals surface area contributed by atoms with Crippen LogP contribution in [0.25, 0.3) is 0 Å². The van der Waals surface area contributed by atoms with Crippen molar-refractivity contribution >= 4 is 41.5 Å². The number of aliphatic imine (C=N–C) groups is 1. The van der Waals surface area contributed by atoms with Crippen molar-refractivity contribution in [2.45, 2.75) is 13.0 Å². The van der Waals surface area contributed by atoms with Gasteiger partial charge in [0.05, 0.1) is 0 Å². The van der Waals surface area contributed by atoms with Gasteiger partial charge in [-0.3, -0.25) is 4.99 Å². The molecule has 23 heavy (non-hydrogen) atoms. The molecule has 2 rings (SSSR count). The van der Waals surface area contributed by atoms with Crippen molar-refractivity contribution in [3.05, 3.63) is 70.5 Å². The number of rotatable bonds is 5. The van der Waals surface area contributed by atoms with Gasteiger partial charge in [-0.25, -0.2) is 4.39 Å². The number of benzene rings is 2. The van der Waals surface area contributed by atoms with Gasteiger partial charge >= 0.3 is 0 Å². The molecule has 0 amide bonds. The zero-order valence-electron chi connectivity index (χ0n) is 12.9. The second-order valence-electron chi connectivity index (χ2n) is 4.82. The molecule has 0 unspecified atom stereocenters. The molecule has 0 aliphatic carbocycles. The lowest BCUT2D eigenvalue weighted by Crippen LogP contribution is -2.37. The Morgan fingerprint density at radius 1 is 1.13 bits per heavy atom. The van der Waals surface area contributed by atoms with E-state index in [-0.39, 0.29) is 29.8 Å². The standard InChI is InChI=1S/C17H19ClFN3.HI/c1-20-17(22-12-13-5-4-7-15(18)11-13)21-10-9-14-6-2-3-8-16(14)19;/h2-8,11H,9-10,12H2,1H3,(H2,20,21,22);1H. The molecule has 2 aromatic carbocycles. The molecule has 3 nitrogen and oxygen atoms in total. The summed E-state index contributed by atoms with van der Waals surface area (Å²) < 4.78 is 13.5. The predicted octanol–water partition coefficient (Wildman–Crippen LogP) is 4.00. The van der Waals surface area contributed by atoms with Gasteiger partial charge in [0.1, 0.15) is 5.82 Å². The average Bonchev–Trinajstić information content (AvgIpc) is 2.52. The minimum absolute atomic E-state index is 0. The highest BCUT2D eigenvalue weighted by atomic mass is 127. The number of hydrogen-bond acceptors (Lipinski definition) is 1. The van der Waals surface area contributed by atoms with Gasteiger partial charge in [0.15, 0.2) is 5.96 Å². The van der Waals surface area contributed by atoms with Crippen LogP contribution in [0.1, 0.15) is 11.1 Å². The van der Waals surface area contributed by atoms with Gasteiger partial charge in [0, 0.05) is 25.2 Å².